The van der Waals surface area contributed by atoms with Crippen LogP contribution < -0.4 is 11.5 Å². The molecule has 1 aromatic heterocycles. The highest BCUT2D eigenvalue weighted by atomic mass is 14.8. The maximum atomic E-state index is 6.14. The van der Waals surface area contributed by atoms with Crippen LogP contribution in [0.25, 0.3) is 10.9 Å². The van der Waals surface area contributed by atoms with Gasteiger partial charge >= 0.3 is 0 Å². The highest BCUT2D eigenvalue weighted by molar-refractivity contribution is 6.01. The maximum absolute atomic E-state index is 6.14. The van der Waals surface area contributed by atoms with Crippen LogP contribution in [0.5, 0.6) is 0 Å². The van der Waals surface area contributed by atoms with Gasteiger partial charge in [0, 0.05) is 22.7 Å². The summed E-state index contributed by atoms with van der Waals surface area (Å²) >= 11 is 0. The molecule has 0 saturated heterocycles. The van der Waals surface area contributed by atoms with E-state index in [1.807, 2.05) is 48.7 Å². The number of nitrogens with zero attached hydrogens (tertiary/aromatic N) is 1. The van der Waals surface area contributed by atoms with E-state index >= 15 is 0 Å². The Morgan fingerprint density at radius 2 is 1.91 bits per heavy atom. The van der Waals surface area contributed by atoms with Gasteiger partial charge in [-0.1, -0.05) is 30.3 Å². The molecule has 0 atom stereocenters. The van der Waals surface area contributed by atoms with Crippen LogP contribution >= 0.6 is 0 Å². The second-order valence-corrected chi connectivity index (χ2v) is 5.30. The molecule has 0 aliphatic heterocycles. The molecule has 112 valence electrons. The molecule has 0 spiro atoms. The van der Waals surface area contributed by atoms with Crippen LogP contribution in [0.2, 0.25) is 0 Å². The number of fused-ring (bicyclic) bond motifs is 1. The fourth-order valence-corrected chi connectivity index (χ4v) is 2.55. The zero-order valence-corrected chi connectivity index (χ0v) is 12.4. The molecular formula is C18H20N4. The second-order valence-electron chi connectivity index (χ2n) is 5.30. The number of hydrogen-bond acceptors (Lipinski definition) is 2. The van der Waals surface area contributed by atoms with Gasteiger partial charge in [-0.05, 0) is 42.3 Å². The van der Waals surface area contributed by atoms with Crippen LogP contribution in [0, 0.1) is 0 Å². The fourth-order valence-electron chi connectivity index (χ4n) is 2.55. The number of aliphatic imine (C=N–C) groups is 1. The third-order valence-electron chi connectivity index (χ3n) is 3.75. The Balaban J connectivity index is 1.87. The van der Waals surface area contributed by atoms with Gasteiger partial charge in [0.1, 0.15) is 5.84 Å². The van der Waals surface area contributed by atoms with Gasteiger partial charge < -0.3 is 16.5 Å². The highest BCUT2D eigenvalue weighted by Gasteiger charge is 2.06. The summed E-state index contributed by atoms with van der Waals surface area (Å²) in [6, 6.07) is 16.2. The number of rotatable bonds is 5. The predicted octanol–water partition coefficient (Wildman–Crippen LogP) is 2.57. The van der Waals surface area contributed by atoms with Crippen molar-refractivity contribution in [2.24, 2.45) is 16.5 Å². The molecule has 5 N–H and O–H groups in total. The van der Waals surface area contributed by atoms with Crippen LogP contribution in [0.15, 0.2) is 59.7 Å². The Kier molecular flexibility index (Phi) is 4.21. The van der Waals surface area contributed by atoms with E-state index in [2.05, 4.69) is 16.0 Å². The minimum Gasteiger partial charge on any atom is -0.383 e. The van der Waals surface area contributed by atoms with E-state index < -0.39 is 0 Å². The molecule has 0 bridgehead atoms. The van der Waals surface area contributed by atoms with Crippen LogP contribution in [-0.4, -0.2) is 17.4 Å². The number of benzene rings is 2. The summed E-state index contributed by atoms with van der Waals surface area (Å²) in [7, 11) is 0. The number of hydrogen-bond donors (Lipinski definition) is 3. The Bertz CT molecular complexity index is 787. The van der Waals surface area contributed by atoms with Crippen LogP contribution in [0.4, 0.5) is 0 Å². The van der Waals surface area contributed by atoms with Crippen molar-refractivity contribution in [3.8, 4) is 0 Å². The normalized spacial score (nSPS) is 12.0. The largest absolute Gasteiger partial charge is 0.383 e. The topological polar surface area (TPSA) is 80.2 Å². The summed E-state index contributed by atoms with van der Waals surface area (Å²) in [5.41, 5.74) is 16.2. The summed E-state index contributed by atoms with van der Waals surface area (Å²) in [6.07, 6.45) is 2.86. The Morgan fingerprint density at radius 1 is 1.09 bits per heavy atom. The van der Waals surface area contributed by atoms with E-state index in [0.29, 0.717) is 18.9 Å². The number of aromatic amines is 1. The number of amidine groups is 1. The SMILES string of the molecule is NCCc1c[nH]c2ccc(C(N)=NCc3ccccc3)cc12. The van der Waals surface area contributed by atoms with E-state index in [9.17, 15) is 0 Å². The first-order valence-electron chi connectivity index (χ1n) is 7.42. The molecule has 3 aromatic rings. The average molecular weight is 292 g/mol. The minimum atomic E-state index is 0.561. The van der Waals surface area contributed by atoms with Crippen LogP contribution in [0.1, 0.15) is 16.7 Å². The summed E-state index contributed by atoms with van der Waals surface area (Å²) in [5, 5.41) is 1.17. The molecule has 22 heavy (non-hydrogen) atoms. The van der Waals surface area contributed by atoms with Gasteiger partial charge in [-0.2, -0.15) is 0 Å². The number of nitrogens with two attached hydrogens (primary N) is 2. The fraction of sp³-hybridized carbons (Fsp3) is 0.167. The zero-order chi connectivity index (χ0) is 15.4. The smallest absolute Gasteiger partial charge is 0.125 e. The first-order valence-corrected chi connectivity index (χ1v) is 7.42. The average Bonchev–Trinajstić information content (AvgIpc) is 2.96. The molecule has 4 nitrogen and oxygen atoms in total. The Labute approximate surface area is 129 Å². The number of aromatic nitrogens is 1. The molecule has 0 aliphatic rings. The third-order valence-corrected chi connectivity index (χ3v) is 3.75. The lowest BCUT2D eigenvalue weighted by molar-refractivity contribution is 0.976. The molecule has 0 saturated carbocycles. The van der Waals surface area contributed by atoms with Gasteiger partial charge in [-0.3, -0.25) is 4.99 Å². The minimum absolute atomic E-state index is 0.561. The first kappa shape index (κ1) is 14.4. The molecule has 2 aromatic carbocycles. The van der Waals surface area contributed by atoms with E-state index in [1.54, 1.807) is 0 Å². The summed E-state index contributed by atoms with van der Waals surface area (Å²) < 4.78 is 0. The standard InChI is InChI=1S/C18H20N4/c19-9-8-15-12-21-17-7-6-14(10-16(15)17)18(20)22-11-13-4-2-1-3-5-13/h1-7,10,12,21H,8-9,11,19H2,(H2,20,22). The summed E-state index contributed by atoms with van der Waals surface area (Å²) in [6.45, 7) is 1.22. The number of H-pyrrole nitrogens is 1. The van der Waals surface area contributed by atoms with Gasteiger partial charge in [0.05, 0.1) is 6.54 Å². The molecule has 3 rings (SSSR count). The zero-order valence-electron chi connectivity index (χ0n) is 12.4. The molecule has 1 heterocycles. The van der Waals surface area contributed by atoms with E-state index in [4.69, 9.17) is 11.5 Å². The van der Waals surface area contributed by atoms with Crippen molar-refractivity contribution in [2.45, 2.75) is 13.0 Å². The van der Waals surface area contributed by atoms with Crippen molar-refractivity contribution < 1.29 is 0 Å². The predicted molar refractivity (Wildman–Crippen MR) is 91.9 cm³/mol. The van der Waals surface area contributed by atoms with E-state index in [1.165, 1.54) is 10.9 Å². The van der Waals surface area contributed by atoms with Crippen LogP contribution in [0.3, 0.4) is 0 Å². The van der Waals surface area contributed by atoms with Crippen molar-refractivity contribution >= 4 is 16.7 Å². The van der Waals surface area contributed by atoms with Crippen LogP contribution in [-0.2, 0) is 13.0 Å². The van der Waals surface area contributed by atoms with Crippen molar-refractivity contribution in [3.05, 3.63) is 71.4 Å². The lowest BCUT2D eigenvalue weighted by Crippen LogP contribution is -2.13. The van der Waals surface area contributed by atoms with Gasteiger partial charge in [-0.25, -0.2) is 0 Å². The third kappa shape index (κ3) is 3.02. The maximum Gasteiger partial charge on any atom is 0.125 e. The van der Waals surface area contributed by atoms with Gasteiger partial charge in [-0.15, -0.1) is 0 Å². The summed E-state index contributed by atoms with van der Waals surface area (Å²) in [5.74, 6) is 0.561. The second kappa shape index (κ2) is 6.45. The lowest BCUT2D eigenvalue weighted by atomic mass is 10.1. The first-order chi connectivity index (χ1) is 10.8. The summed E-state index contributed by atoms with van der Waals surface area (Å²) in [4.78, 5) is 7.75. The molecule has 0 radical (unpaired) electrons. The van der Waals surface area contributed by atoms with Crippen molar-refractivity contribution in [3.63, 3.8) is 0 Å². The lowest BCUT2D eigenvalue weighted by Gasteiger charge is -2.03. The van der Waals surface area contributed by atoms with Gasteiger partial charge in [0.15, 0.2) is 0 Å². The molecule has 0 amide bonds. The Hall–Kier alpha value is -2.59. The highest BCUT2D eigenvalue weighted by Crippen LogP contribution is 2.20. The molecule has 0 fully saturated rings. The monoisotopic (exact) mass is 292 g/mol. The number of nitrogens with one attached hydrogen (secondary N) is 1. The molecule has 0 unspecified atom stereocenters. The van der Waals surface area contributed by atoms with E-state index in [-0.39, 0.29) is 0 Å². The van der Waals surface area contributed by atoms with Gasteiger partial charge in [0.2, 0.25) is 0 Å². The Morgan fingerprint density at radius 3 is 2.68 bits per heavy atom. The quantitative estimate of drug-likeness (QED) is 0.499. The van der Waals surface area contributed by atoms with E-state index in [0.717, 1.165) is 23.1 Å². The van der Waals surface area contributed by atoms with Gasteiger partial charge in [0.25, 0.3) is 0 Å². The molecule has 0 aliphatic carbocycles. The molecule has 4 heteroatoms. The van der Waals surface area contributed by atoms with Crippen molar-refractivity contribution in [1.82, 2.24) is 4.98 Å². The molecular weight excluding hydrogens is 272 g/mol. The van der Waals surface area contributed by atoms with Crippen molar-refractivity contribution in [2.75, 3.05) is 6.54 Å². The van der Waals surface area contributed by atoms with Crippen molar-refractivity contribution in [1.29, 1.82) is 0 Å².